The molecule has 32 heavy (non-hydrogen) atoms. The van der Waals surface area contributed by atoms with Crippen molar-refractivity contribution in [2.45, 2.75) is 0 Å². The van der Waals surface area contributed by atoms with E-state index in [1.807, 2.05) is 6.07 Å². The summed E-state index contributed by atoms with van der Waals surface area (Å²) >= 11 is 6.02. The van der Waals surface area contributed by atoms with Gasteiger partial charge in [0.2, 0.25) is 0 Å². The summed E-state index contributed by atoms with van der Waals surface area (Å²) in [5, 5.41) is 17.8. The van der Waals surface area contributed by atoms with E-state index in [9.17, 15) is 19.7 Å². The summed E-state index contributed by atoms with van der Waals surface area (Å²) in [7, 11) is 0. The lowest BCUT2D eigenvalue weighted by molar-refractivity contribution is -0.384. The van der Waals surface area contributed by atoms with E-state index in [0.29, 0.717) is 22.0 Å². The molecule has 0 fully saturated rings. The monoisotopic (exact) mass is 452 g/mol. The number of nitrogens with one attached hydrogen (secondary N) is 2. The number of carbonyl (C=O) groups is 2. The highest BCUT2D eigenvalue weighted by Crippen LogP contribution is 2.21. The summed E-state index contributed by atoms with van der Waals surface area (Å²) in [6, 6.07) is 18.9. The van der Waals surface area contributed by atoms with Gasteiger partial charge in [0.1, 0.15) is 5.75 Å². The molecule has 3 aromatic carbocycles. The smallest absolute Gasteiger partial charge is 0.271 e. The van der Waals surface area contributed by atoms with Crippen LogP contribution in [0.1, 0.15) is 15.9 Å². The second-order valence-corrected chi connectivity index (χ2v) is 6.83. The zero-order valence-corrected chi connectivity index (χ0v) is 17.3. The number of benzene rings is 3. The summed E-state index contributed by atoms with van der Waals surface area (Å²) in [6.45, 7) is -0.253. The summed E-state index contributed by atoms with van der Waals surface area (Å²) < 4.78 is 5.56. The number of carbonyl (C=O) groups excluding carboxylic acids is 2. The van der Waals surface area contributed by atoms with E-state index < -0.39 is 10.8 Å². The zero-order chi connectivity index (χ0) is 22.9. The molecule has 3 aromatic rings. The number of hydrogen-bond acceptors (Lipinski definition) is 6. The van der Waals surface area contributed by atoms with E-state index in [4.69, 9.17) is 16.3 Å². The molecule has 0 aliphatic carbocycles. The Balaban J connectivity index is 1.63. The minimum atomic E-state index is -0.628. The number of nitro benzene ring substituents is 1. The highest BCUT2D eigenvalue weighted by Gasteiger charge is 2.11. The maximum absolute atomic E-state index is 12.2. The quantitative estimate of drug-likeness (QED) is 0.303. The fraction of sp³-hybridized carbons (Fsp3) is 0.0455. The van der Waals surface area contributed by atoms with Gasteiger partial charge in [-0.15, -0.1) is 0 Å². The molecule has 0 aliphatic heterocycles. The molecule has 0 aromatic heterocycles. The third-order valence-electron chi connectivity index (χ3n) is 4.08. The lowest BCUT2D eigenvalue weighted by Gasteiger charge is -2.10. The number of hydrogen-bond donors (Lipinski definition) is 2. The Hall–Kier alpha value is -4.24. The molecule has 2 amide bonds. The van der Waals surface area contributed by atoms with Crippen LogP contribution < -0.4 is 15.5 Å². The molecule has 0 atom stereocenters. The molecule has 0 heterocycles. The molecule has 0 unspecified atom stereocenters. The SMILES string of the molecule is O=C(COc1ccc(Cl)cc1/C=N/NC(=O)c1cccc([N+](=O)[O-])c1)Nc1ccccc1. The first-order valence-electron chi connectivity index (χ1n) is 9.27. The van der Waals surface area contributed by atoms with Crippen molar-refractivity contribution < 1.29 is 19.2 Å². The third kappa shape index (κ3) is 6.38. The zero-order valence-electron chi connectivity index (χ0n) is 16.5. The van der Waals surface area contributed by atoms with Crippen LogP contribution in [0.2, 0.25) is 5.02 Å². The number of para-hydroxylation sites is 1. The average Bonchev–Trinajstić information content (AvgIpc) is 2.79. The van der Waals surface area contributed by atoms with E-state index >= 15 is 0 Å². The topological polar surface area (TPSA) is 123 Å². The van der Waals surface area contributed by atoms with Crippen LogP contribution in [0.4, 0.5) is 11.4 Å². The predicted octanol–water partition coefficient (Wildman–Crippen LogP) is 4.03. The van der Waals surface area contributed by atoms with Crippen molar-refractivity contribution in [2.75, 3.05) is 11.9 Å². The molecular weight excluding hydrogens is 436 g/mol. The second-order valence-electron chi connectivity index (χ2n) is 6.39. The van der Waals surface area contributed by atoms with Crippen LogP contribution in [-0.4, -0.2) is 29.6 Å². The number of ether oxygens (including phenoxy) is 1. The standard InChI is InChI=1S/C22H17ClN4O5/c23-17-9-10-20(32-14-21(28)25-18-6-2-1-3-7-18)16(11-17)13-24-26-22(29)15-5-4-8-19(12-15)27(30)31/h1-13H,14H2,(H,25,28)(H,26,29)/b24-13+. The van der Waals surface area contributed by atoms with Gasteiger partial charge < -0.3 is 10.1 Å². The summed E-state index contributed by atoms with van der Waals surface area (Å²) in [5.41, 5.74) is 3.22. The van der Waals surface area contributed by atoms with Gasteiger partial charge in [-0.3, -0.25) is 19.7 Å². The molecule has 3 rings (SSSR count). The number of hydrazone groups is 1. The van der Waals surface area contributed by atoms with Gasteiger partial charge in [-0.05, 0) is 36.4 Å². The average molecular weight is 453 g/mol. The fourth-order valence-corrected chi connectivity index (χ4v) is 2.78. The van der Waals surface area contributed by atoms with Gasteiger partial charge in [0.15, 0.2) is 6.61 Å². The Morgan fingerprint density at radius 3 is 2.59 bits per heavy atom. The molecule has 0 aliphatic rings. The van der Waals surface area contributed by atoms with E-state index in [2.05, 4.69) is 15.8 Å². The molecule has 0 spiro atoms. The maximum atomic E-state index is 12.2. The number of non-ortho nitro benzene ring substituents is 1. The van der Waals surface area contributed by atoms with Crippen LogP contribution in [0.5, 0.6) is 5.75 Å². The van der Waals surface area contributed by atoms with E-state index in [-0.39, 0.29) is 23.8 Å². The molecule has 162 valence electrons. The molecule has 9 nitrogen and oxygen atoms in total. The van der Waals surface area contributed by atoms with Crippen molar-refractivity contribution >= 4 is 41.0 Å². The molecule has 0 saturated carbocycles. The predicted molar refractivity (Wildman–Crippen MR) is 120 cm³/mol. The van der Waals surface area contributed by atoms with Crippen LogP contribution in [0.25, 0.3) is 0 Å². The normalized spacial score (nSPS) is 10.5. The molecule has 0 radical (unpaired) electrons. The summed E-state index contributed by atoms with van der Waals surface area (Å²) in [5.74, 6) is -0.657. The Bertz CT molecular complexity index is 1170. The third-order valence-corrected chi connectivity index (χ3v) is 4.31. The van der Waals surface area contributed by atoms with Crippen LogP contribution in [0.15, 0.2) is 77.9 Å². The van der Waals surface area contributed by atoms with Gasteiger partial charge in [-0.1, -0.05) is 35.9 Å². The highest BCUT2D eigenvalue weighted by molar-refractivity contribution is 6.30. The second kappa shape index (κ2) is 10.7. The highest BCUT2D eigenvalue weighted by atomic mass is 35.5. The molecular formula is C22H17ClN4O5. The van der Waals surface area contributed by atoms with Crippen LogP contribution in [0, 0.1) is 10.1 Å². The Morgan fingerprint density at radius 1 is 1.06 bits per heavy atom. The summed E-state index contributed by atoms with van der Waals surface area (Å²) in [4.78, 5) is 34.5. The minimum absolute atomic E-state index is 0.0801. The number of rotatable bonds is 8. The Kier molecular flexibility index (Phi) is 7.50. The van der Waals surface area contributed by atoms with Crippen LogP contribution in [-0.2, 0) is 4.79 Å². The van der Waals surface area contributed by atoms with E-state index in [1.165, 1.54) is 24.4 Å². The van der Waals surface area contributed by atoms with Crippen molar-refractivity contribution in [2.24, 2.45) is 5.10 Å². The first-order chi connectivity index (χ1) is 15.4. The van der Waals surface area contributed by atoms with Gasteiger partial charge in [0.25, 0.3) is 17.5 Å². The number of nitro groups is 1. The van der Waals surface area contributed by atoms with Crippen molar-refractivity contribution in [1.82, 2.24) is 5.43 Å². The lowest BCUT2D eigenvalue weighted by Crippen LogP contribution is -2.20. The van der Waals surface area contributed by atoms with Crippen molar-refractivity contribution in [3.8, 4) is 5.75 Å². The van der Waals surface area contributed by atoms with Gasteiger partial charge in [0.05, 0.1) is 11.1 Å². The number of amides is 2. The first-order valence-corrected chi connectivity index (χ1v) is 9.65. The van der Waals surface area contributed by atoms with Crippen molar-refractivity contribution in [3.63, 3.8) is 0 Å². The van der Waals surface area contributed by atoms with Crippen LogP contribution in [0.3, 0.4) is 0 Å². The molecule has 2 N–H and O–H groups in total. The Labute approximate surface area is 187 Å². The van der Waals surface area contributed by atoms with Gasteiger partial charge in [-0.25, -0.2) is 5.43 Å². The largest absolute Gasteiger partial charge is 0.483 e. The molecule has 0 saturated heterocycles. The van der Waals surface area contributed by atoms with Gasteiger partial charge >= 0.3 is 0 Å². The number of nitrogens with zero attached hydrogens (tertiary/aromatic N) is 2. The minimum Gasteiger partial charge on any atom is -0.483 e. The maximum Gasteiger partial charge on any atom is 0.271 e. The summed E-state index contributed by atoms with van der Waals surface area (Å²) in [6.07, 6.45) is 1.30. The van der Waals surface area contributed by atoms with E-state index in [0.717, 1.165) is 6.07 Å². The number of anilines is 1. The Morgan fingerprint density at radius 2 is 1.84 bits per heavy atom. The fourth-order valence-electron chi connectivity index (χ4n) is 2.60. The number of halogens is 1. The van der Waals surface area contributed by atoms with Crippen molar-refractivity contribution in [1.29, 1.82) is 0 Å². The first kappa shape index (κ1) is 22.4. The molecule has 10 heteroatoms. The molecule has 0 bridgehead atoms. The van der Waals surface area contributed by atoms with Crippen LogP contribution >= 0.6 is 11.6 Å². The lowest BCUT2D eigenvalue weighted by atomic mass is 10.2. The van der Waals surface area contributed by atoms with Crippen molar-refractivity contribution in [3.05, 3.63) is 99.1 Å². The van der Waals surface area contributed by atoms with E-state index in [1.54, 1.807) is 42.5 Å². The van der Waals surface area contributed by atoms with Gasteiger partial charge in [0, 0.05) is 34.0 Å². The van der Waals surface area contributed by atoms with Gasteiger partial charge in [-0.2, -0.15) is 5.10 Å².